The molecule has 3 aromatic rings. The highest BCUT2D eigenvalue weighted by molar-refractivity contribution is 7.99. The number of carbonyl (C=O) groups excluding carboxylic acids is 1. The van der Waals surface area contributed by atoms with Crippen LogP contribution in [0.2, 0.25) is 0 Å². The number of amides is 1. The number of nitrogens with zero attached hydrogens (tertiary/aromatic N) is 1. The van der Waals surface area contributed by atoms with Crippen LogP contribution in [0, 0.1) is 5.92 Å². The Morgan fingerprint density at radius 3 is 2.00 bits per heavy atom. The molecule has 0 aliphatic carbocycles. The van der Waals surface area contributed by atoms with Crippen LogP contribution in [-0.2, 0) is 10.2 Å². The standard InChI is InChI=1S/C28H32N2OS/c1-30(19-11-21-32-26-16-9-4-10-17-26)20-18-25(22-30)28(27(29)31,23-12-5-2-6-13-23)24-14-7-3-8-15-24/h2-10,12-17,25H,11,18-22H2,1H3,(H-,29,31)/p+1/t25?,30-/m0/s1. The molecule has 0 bridgehead atoms. The lowest BCUT2D eigenvalue weighted by atomic mass is 9.64. The number of hydrogen-bond acceptors (Lipinski definition) is 2. The van der Waals surface area contributed by atoms with Gasteiger partial charge < -0.3 is 10.2 Å². The number of benzene rings is 3. The number of thioether (sulfide) groups is 1. The molecule has 2 atom stereocenters. The van der Waals surface area contributed by atoms with Crippen LogP contribution in [0.4, 0.5) is 0 Å². The van der Waals surface area contributed by atoms with Gasteiger partial charge in [-0.3, -0.25) is 4.79 Å². The van der Waals surface area contributed by atoms with E-state index in [0.717, 1.165) is 53.8 Å². The monoisotopic (exact) mass is 445 g/mol. The fourth-order valence-electron chi connectivity index (χ4n) is 5.42. The Hall–Kier alpha value is -2.56. The Morgan fingerprint density at radius 2 is 1.47 bits per heavy atom. The van der Waals surface area contributed by atoms with E-state index in [-0.39, 0.29) is 11.8 Å². The van der Waals surface area contributed by atoms with Gasteiger partial charge in [0, 0.05) is 29.4 Å². The molecule has 1 aliphatic heterocycles. The van der Waals surface area contributed by atoms with E-state index in [4.69, 9.17) is 5.73 Å². The number of hydrogen-bond donors (Lipinski definition) is 1. The molecule has 0 radical (unpaired) electrons. The maximum absolute atomic E-state index is 13.2. The lowest BCUT2D eigenvalue weighted by Crippen LogP contribution is -2.51. The van der Waals surface area contributed by atoms with E-state index in [0.29, 0.717) is 0 Å². The number of quaternary nitrogens is 1. The van der Waals surface area contributed by atoms with E-state index in [2.05, 4.69) is 61.6 Å². The first-order valence-electron chi connectivity index (χ1n) is 11.5. The zero-order chi connectivity index (χ0) is 22.4. The predicted octanol–water partition coefficient (Wildman–Crippen LogP) is 5.11. The predicted molar refractivity (Wildman–Crippen MR) is 134 cm³/mol. The van der Waals surface area contributed by atoms with Gasteiger partial charge in [-0.15, -0.1) is 11.8 Å². The fourth-order valence-corrected chi connectivity index (χ4v) is 6.28. The van der Waals surface area contributed by atoms with Gasteiger partial charge in [-0.1, -0.05) is 78.9 Å². The van der Waals surface area contributed by atoms with Gasteiger partial charge in [-0.05, 0) is 23.3 Å². The number of primary amides is 1. The maximum atomic E-state index is 13.2. The fraction of sp³-hybridized carbons (Fsp3) is 0.321. The number of likely N-dealkylation sites (tertiary alicyclic amines) is 1. The van der Waals surface area contributed by atoms with Crippen LogP contribution < -0.4 is 5.73 Å². The highest BCUT2D eigenvalue weighted by Gasteiger charge is 2.53. The zero-order valence-corrected chi connectivity index (χ0v) is 19.6. The molecular formula is C28H33N2OS+. The van der Waals surface area contributed by atoms with E-state index in [1.807, 2.05) is 48.2 Å². The molecule has 32 heavy (non-hydrogen) atoms. The third-order valence-corrected chi connectivity index (χ3v) is 8.09. The first-order valence-corrected chi connectivity index (χ1v) is 12.5. The van der Waals surface area contributed by atoms with Crippen LogP contribution in [0.3, 0.4) is 0 Å². The van der Waals surface area contributed by atoms with Crippen molar-refractivity contribution in [1.82, 2.24) is 0 Å². The first-order chi connectivity index (χ1) is 15.5. The van der Waals surface area contributed by atoms with Crippen molar-refractivity contribution in [2.45, 2.75) is 23.2 Å². The summed E-state index contributed by atoms with van der Waals surface area (Å²) >= 11 is 1.92. The van der Waals surface area contributed by atoms with Crippen LogP contribution in [0.25, 0.3) is 0 Å². The third-order valence-electron chi connectivity index (χ3n) is 6.99. The number of rotatable bonds is 9. The molecule has 1 saturated heterocycles. The zero-order valence-electron chi connectivity index (χ0n) is 18.8. The Kier molecular flexibility index (Phi) is 7.02. The topological polar surface area (TPSA) is 43.1 Å². The van der Waals surface area contributed by atoms with Crippen molar-refractivity contribution in [2.24, 2.45) is 11.7 Å². The summed E-state index contributed by atoms with van der Waals surface area (Å²) in [5, 5.41) is 0. The van der Waals surface area contributed by atoms with Gasteiger partial charge >= 0.3 is 0 Å². The van der Waals surface area contributed by atoms with E-state index >= 15 is 0 Å². The van der Waals surface area contributed by atoms with E-state index in [1.54, 1.807) is 0 Å². The maximum Gasteiger partial charge on any atom is 0.233 e. The smallest absolute Gasteiger partial charge is 0.233 e. The summed E-state index contributed by atoms with van der Waals surface area (Å²) in [6, 6.07) is 30.9. The van der Waals surface area contributed by atoms with Crippen LogP contribution in [-0.4, -0.2) is 42.8 Å². The van der Waals surface area contributed by atoms with Crippen molar-refractivity contribution >= 4 is 17.7 Å². The van der Waals surface area contributed by atoms with Crippen molar-refractivity contribution < 1.29 is 9.28 Å². The van der Waals surface area contributed by atoms with Gasteiger partial charge in [0.2, 0.25) is 5.91 Å². The van der Waals surface area contributed by atoms with Gasteiger partial charge in [-0.25, -0.2) is 0 Å². The first kappa shape index (κ1) is 22.6. The van der Waals surface area contributed by atoms with Crippen LogP contribution >= 0.6 is 11.8 Å². The minimum absolute atomic E-state index is 0.177. The summed E-state index contributed by atoms with van der Waals surface area (Å²) < 4.78 is 0.995. The molecule has 1 amide bonds. The van der Waals surface area contributed by atoms with Gasteiger partial charge in [0.15, 0.2) is 0 Å². The molecule has 0 spiro atoms. The molecule has 1 fully saturated rings. The molecule has 4 heteroatoms. The Labute approximate surface area is 196 Å². The van der Waals surface area contributed by atoms with Crippen molar-refractivity contribution in [3.05, 3.63) is 102 Å². The molecule has 1 heterocycles. The van der Waals surface area contributed by atoms with Crippen molar-refractivity contribution in [3.63, 3.8) is 0 Å². The molecular weight excluding hydrogens is 412 g/mol. The summed E-state index contributed by atoms with van der Waals surface area (Å²) in [7, 11) is 2.34. The molecule has 3 aromatic carbocycles. The average molecular weight is 446 g/mol. The van der Waals surface area contributed by atoms with Gasteiger partial charge in [0.25, 0.3) is 0 Å². The van der Waals surface area contributed by atoms with Gasteiger partial charge in [0.05, 0.1) is 26.7 Å². The van der Waals surface area contributed by atoms with Gasteiger partial charge in [0.1, 0.15) is 5.41 Å². The summed E-state index contributed by atoms with van der Waals surface area (Å²) in [5.41, 5.74) is 7.47. The number of carbonyl (C=O) groups is 1. The van der Waals surface area contributed by atoms with Crippen LogP contribution in [0.15, 0.2) is 95.9 Å². The summed E-state index contributed by atoms with van der Waals surface area (Å²) in [6.45, 7) is 3.16. The Balaban J connectivity index is 1.54. The second kappa shape index (κ2) is 9.93. The highest BCUT2D eigenvalue weighted by Crippen LogP contribution is 2.45. The minimum Gasteiger partial charge on any atom is -0.369 e. The Morgan fingerprint density at radius 1 is 0.938 bits per heavy atom. The molecule has 4 rings (SSSR count). The quantitative estimate of drug-likeness (QED) is 0.283. The van der Waals surface area contributed by atoms with Crippen molar-refractivity contribution in [2.75, 3.05) is 32.4 Å². The summed E-state index contributed by atoms with van der Waals surface area (Å²) in [6.07, 6.45) is 2.15. The molecule has 1 unspecified atom stereocenters. The second-order valence-electron chi connectivity index (χ2n) is 9.15. The molecule has 3 nitrogen and oxygen atoms in total. The van der Waals surface area contributed by atoms with E-state index in [9.17, 15) is 4.79 Å². The van der Waals surface area contributed by atoms with Crippen molar-refractivity contribution in [1.29, 1.82) is 0 Å². The Bertz CT molecular complexity index is 970. The van der Waals surface area contributed by atoms with E-state index < -0.39 is 5.41 Å². The van der Waals surface area contributed by atoms with E-state index in [1.165, 1.54) is 4.90 Å². The molecule has 0 saturated carbocycles. The SMILES string of the molecule is C[N@+]1(CCCSc2ccccc2)CCC(C(C(N)=O)(c2ccccc2)c2ccccc2)C1. The molecule has 2 N–H and O–H groups in total. The molecule has 0 aromatic heterocycles. The summed E-state index contributed by atoms with van der Waals surface area (Å²) in [4.78, 5) is 14.6. The van der Waals surface area contributed by atoms with Crippen molar-refractivity contribution in [3.8, 4) is 0 Å². The van der Waals surface area contributed by atoms with Crippen LogP contribution in [0.1, 0.15) is 24.0 Å². The minimum atomic E-state index is -0.794. The highest BCUT2D eigenvalue weighted by atomic mass is 32.2. The summed E-state index contributed by atoms with van der Waals surface area (Å²) in [5.74, 6) is 1.05. The van der Waals surface area contributed by atoms with Crippen LogP contribution in [0.5, 0.6) is 0 Å². The molecule has 1 aliphatic rings. The third kappa shape index (κ3) is 4.62. The lowest BCUT2D eigenvalue weighted by Gasteiger charge is -2.38. The lowest BCUT2D eigenvalue weighted by molar-refractivity contribution is -0.899. The normalized spacial score (nSPS) is 20.8. The average Bonchev–Trinajstić information content (AvgIpc) is 3.21. The van der Waals surface area contributed by atoms with Gasteiger partial charge in [-0.2, -0.15) is 0 Å². The second-order valence-corrected chi connectivity index (χ2v) is 10.3. The molecule has 166 valence electrons. The number of nitrogens with two attached hydrogens (primary N) is 1. The largest absolute Gasteiger partial charge is 0.369 e.